The fourth-order valence-electron chi connectivity index (χ4n) is 4.79. The highest BCUT2D eigenvalue weighted by molar-refractivity contribution is 6.30. The Labute approximate surface area is 172 Å². The van der Waals surface area contributed by atoms with Crippen molar-refractivity contribution in [1.82, 2.24) is 10.2 Å². The second-order valence-corrected chi connectivity index (χ2v) is 8.70. The minimum atomic E-state index is -0.650. The van der Waals surface area contributed by atoms with Crippen LogP contribution in [-0.4, -0.2) is 59.4 Å². The zero-order valence-corrected chi connectivity index (χ0v) is 17.0. The lowest BCUT2D eigenvalue weighted by Gasteiger charge is -2.45. The number of likely N-dealkylation sites (tertiary alicyclic amines) is 1. The van der Waals surface area contributed by atoms with Crippen LogP contribution in [0.1, 0.15) is 43.7 Å². The Morgan fingerprint density at radius 2 is 1.93 bits per heavy atom. The summed E-state index contributed by atoms with van der Waals surface area (Å²) in [4.78, 5) is 14.1. The summed E-state index contributed by atoms with van der Waals surface area (Å²) in [6.07, 6.45) is 5.04. The van der Waals surface area contributed by atoms with Gasteiger partial charge in [-0.05, 0) is 42.4 Å². The molecule has 1 saturated carbocycles. The number of β-amino-alcohol motifs (C(OH)–C–C–N with tert-alkyl or cyclic N) is 1. The zero-order chi connectivity index (χ0) is 20.1. The summed E-state index contributed by atoms with van der Waals surface area (Å²) in [5, 5.41) is 24.1. The van der Waals surface area contributed by atoms with Crippen LogP contribution in [0.5, 0.6) is 0 Å². The Kier molecular flexibility index (Phi) is 7.71. The maximum atomic E-state index is 12.0. The molecular formula is C21H32ClN3O3. The van der Waals surface area contributed by atoms with E-state index in [1.54, 1.807) is 12.1 Å². The van der Waals surface area contributed by atoms with Crippen molar-refractivity contribution in [3.8, 4) is 0 Å². The molecule has 2 fully saturated rings. The van der Waals surface area contributed by atoms with Crippen molar-refractivity contribution in [2.24, 2.45) is 17.6 Å². The van der Waals surface area contributed by atoms with Gasteiger partial charge < -0.3 is 21.3 Å². The first-order chi connectivity index (χ1) is 13.5. The van der Waals surface area contributed by atoms with Gasteiger partial charge in [-0.25, -0.2) is 0 Å². The van der Waals surface area contributed by atoms with Gasteiger partial charge in [0.25, 0.3) is 0 Å². The first kappa shape index (κ1) is 21.5. The second-order valence-electron chi connectivity index (χ2n) is 8.26. The maximum absolute atomic E-state index is 12.0. The lowest BCUT2D eigenvalue weighted by Crippen LogP contribution is -2.56. The summed E-state index contributed by atoms with van der Waals surface area (Å²) in [5.74, 6) is 0.892. The largest absolute Gasteiger partial charge is 0.394 e. The molecule has 5 atom stereocenters. The van der Waals surface area contributed by atoms with Crippen LogP contribution in [-0.2, 0) is 4.79 Å². The average Bonchev–Trinajstić information content (AvgIpc) is 2.69. The molecule has 1 saturated heterocycles. The number of piperidine rings is 1. The highest BCUT2D eigenvalue weighted by Crippen LogP contribution is 2.38. The summed E-state index contributed by atoms with van der Waals surface area (Å²) in [7, 11) is 0. The summed E-state index contributed by atoms with van der Waals surface area (Å²) >= 11 is 5.92. The molecule has 1 aliphatic heterocycles. The number of nitrogens with two attached hydrogens (primary N) is 1. The van der Waals surface area contributed by atoms with Crippen molar-refractivity contribution in [1.29, 1.82) is 0 Å². The monoisotopic (exact) mass is 409 g/mol. The molecule has 7 heteroatoms. The van der Waals surface area contributed by atoms with E-state index in [4.69, 9.17) is 17.3 Å². The van der Waals surface area contributed by atoms with Gasteiger partial charge in [-0.2, -0.15) is 0 Å². The SMILES string of the molecule is NC(=O)[C@@H]1C[C@@H]2CCCC[C@@H]2CN1C[C@H](O)CN[C@@H](CO)c1ccc(Cl)cc1. The third-order valence-electron chi connectivity index (χ3n) is 6.33. The van der Waals surface area contributed by atoms with E-state index in [1.807, 2.05) is 12.1 Å². The summed E-state index contributed by atoms with van der Waals surface area (Å²) in [5.41, 5.74) is 6.58. The number of rotatable bonds is 8. The zero-order valence-electron chi connectivity index (χ0n) is 16.3. The predicted octanol–water partition coefficient (Wildman–Crippen LogP) is 1.69. The first-order valence-electron chi connectivity index (χ1n) is 10.3. The minimum Gasteiger partial charge on any atom is -0.394 e. The molecule has 0 spiro atoms. The number of benzene rings is 1. The third kappa shape index (κ3) is 5.45. The van der Waals surface area contributed by atoms with Crippen LogP contribution in [0.2, 0.25) is 5.02 Å². The number of amides is 1. The number of nitrogens with one attached hydrogen (secondary N) is 1. The Morgan fingerprint density at radius 3 is 2.57 bits per heavy atom. The lowest BCUT2D eigenvalue weighted by molar-refractivity contribution is -0.127. The Morgan fingerprint density at radius 1 is 1.25 bits per heavy atom. The normalized spacial score (nSPS) is 27.8. The Bertz CT molecular complexity index is 642. The highest BCUT2D eigenvalue weighted by Gasteiger charge is 2.39. The molecule has 2 aliphatic rings. The van der Waals surface area contributed by atoms with Crippen LogP contribution in [0.15, 0.2) is 24.3 Å². The number of halogens is 1. The second kappa shape index (κ2) is 10.0. The first-order valence-corrected chi connectivity index (χ1v) is 10.7. The molecule has 3 rings (SSSR count). The number of hydrogen-bond donors (Lipinski definition) is 4. The van der Waals surface area contributed by atoms with E-state index in [2.05, 4.69) is 10.2 Å². The number of primary amides is 1. The van der Waals surface area contributed by atoms with Crippen molar-refractivity contribution < 1.29 is 15.0 Å². The molecule has 1 amide bonds. The molecule has 5 N–H and O–H groups in total. The van der Waals surface area contributed by atoms with Crippen LogP contribution in [0.25, 0.3) is 0 Å². The molecular weight excluding hydrogens is 378 g/mol. The van der Waals surface area contributed by atoms with Gasteiger partial charge in [0.05, 0.1) is 24.8 Å². The number of aliphatic hydroxyl groups excluding tert-OH is 2. The summed E-state index contributed by atoms with van der Waals surface area (Å²) in [6.45, 7) is 1.48. The number of carbonyl (C=O) groups is 1. The molecule has 1 aromatic carbocycles. The van der Waals surface area contributed by atoms with Gasteiger partial charge in [-0.15, -0.1) is 0 Å². The molecule has 1 heterocycles. The topological polar surface area (TPSA) is 98.8 Å². The van der Waals surface area contributed by atoms with E-state index in [-0.39, 0.29) is 24.6 Å². The van der Waals surface area contributed by atoms with Gasteiger partial charge in [0, 0.05) is 24.7 Å². The Hall–Kier alpha value is -1.18. The van der Waals surface area contributed by atoms with Gasteiger partial charge >= 0.3 is 0 Å². The minimum absolute atomic E-state index is 0.0776. The number of fused-ring (bicyclic) bond motifs is 1. The van der Waals surface area contributed by atoms with E-state index in [0.29, 0.717) is 29.9 Å². The lowest BCUT2D eigenvalue weighted by atomic mass is 9.72. The quantitative estimate of drug-likeness (QED) is 0.523. The van der Waals surface area contributed by atoms with E-state index >= 15 is 0 Å². The van der Waals surface area contributed by atoms with Crippen LogP contribution < -0.4 is 11.1 Å². The number of nitrogens with zero attached hydrogens (tertiary/aromatic N) is 1. The molecule has 0 unspecified atom stereocenters. The molecule has 0 aromatic heterocycles. The van der Waals surface area contributed by atoms with Gasteiger partial charge in [0.15, 0.2) is 0 Å². The van der Waals surface area contributed by atoms with Crippen molar-refractivity contribution in [3.05, 3.63) is 34.9 Å². The Balaban J connectivity index is 1.55. The van der Waals surface area contributed by atoms with Gasteiger partial charge in [0.1, 0.15) is 0 Å². The predicted molar refractivity (Wildman–Crippen MR) is 110 cm³/mol. The van der Waals surface area contributed by atoms with Crippen molar-refractivity contribution in [3.63, 3.8) is 0 Å². The fourth-order valence-corrected chi connectivity index (χ4v) is 4.92. The third-order valence-corrected chi connectivity index (χ3v) is 6.58. The standard InChI is InChI=1S/C21H32ClN3O3/c22-17-7-5-14(6-8-17)19(13-26)24-10-18(27)12-25-11-16-4-2-1-3-15(16)9-20(25)21(23)28/h5-8,15-16,18-20,24,26-27H,1-4,9-13H2,(H2,23,28)/t15-,16+,18+,19-,20-/m0/s1. The van der Waals surface area contributed by atoms with Crippen LogP contribution in [0.4, 0.5) is 0 Å². The van der Waals surface area contributed by atoms with Crippen molar-refractivity contribution in [2.45, 2.75) is 50.3 Å². The molecule has 156 valence electrons. The number of hydrogen-bond acceptors (Lipinski definition) is 5. The molecule has 0 radical (unpaired) electrons. The fraction of sp³-hybridized carbons (Fsp3) is 0.667. The summed E-state index contributed by atoms with van der Waals surface area (Å²) in [6, 6.07) is 6.72. The van der Waals surface area contributed by atoms with Crippen LogP contribution >= 0.6 is 11.6 Å². The van der Waals surface area contributed by atoms with E-state index in [1.165, 1.54) is 25.7 Å². The van der Waals surface area contributed by atoms with Crippen LogP contribution in [0.3, 0.4) is 0 Å². The molecule has 6 nitrogen and oxygen atoms in total. The van der Waals surface area contributed by atoms with E-state index < -0.39 is 6.10 Å². The maximum Gasteiger partial charge on any atom is 0.234 e. The number of carbonyl (C=O) groups excluding carboxylic acids is 1. The smallest absolute Gasteiger partial charge is 0.234 e. The average molecular weight is 410 g/mol. The summed E-state index contributed by atoms with van der Waals surface area (Å²) < 4.78 is 0. The molecule has 1 aromatic rings. The van der Waals surface area contributed by atoms with Gasteiger partial charge in [0.2, 0.25) is 5.91 Å². The van der Waals surface area contributed by atoms with Gasteiger partial charge in [-0.1, -0.05) is 43.0 Å². The van der Waals surface area contributed by atoms with Crippen LogP contribution in [0, 0.1) is 11.8 Å². The molecule has 28 heavy (non-hydrogen) atoms. The molecule has 1 aliphatic carbocycles. The number of aliphatic hydroxyl groups is 2. The molecule has 0 bridgehead atoms. The van der Waals surface area contributed by atoms with E-state index in [9.17, 15) is 15.0 Å². The van der Waals surface area contributed by atoms with Crippen molar-refractivity contribution >= 4 is 17.5 Å². The highest BCUT2D eigenvalue weighted by atomic mass is 35.5. The van der Waals surface area contributed by atoms with E-state index in [0.717, 1.165) is 18.5 Å². The van der Waals surface area contributed by atoms with Gasteiger partial charge in [-0.3, -0.25) is 9.69 Å². The van der Waals surface area contributed by atoms with Crippen molar-refractivity contribution in [2.75, 3.05) is 26.2 Å².